The number of hydrogen-bond acceptors (Lipinski definition) is 4. The van der Waals surface area contributed by atoms with E-state index in [1.54, 1.807) is 5.01 Å². The minimum Gasteiger partial charge on any atom is -0.491 e. The summed E-state index contributed by atoms with van der Waals surface area (Å²) in [5.74, 6) is 1.11. The SMILES string of the molecule is CCN(CC)CCC1CN(C(=O)NC2CCCCC2)N=C1c1ccc(OC(C)C)cc1. The Hall–Kier alpha value is -2.08. The largest absolute Gasteiger partial charge is 0.491 e. The van der Waals surface area contributed by atoms with Crippen LogP contribution in [0.4, 0.5) is 4.79 Å². The molecule has 0 spiro atoms. The lowest BCUT2D eigenvalue weighted by molar-refractivity contribution is 0.192. The fraction of sp³-hybridized carbons (Fsp3) is 0.680. The van der Waals surface area contributed by atoms with Gasteiger partial charge in [0.1, 0.15) is 5.75 Å². The van der Waals surface area contributed by atoms with Crippen LogP contribution in [-0.4, -0.2) is 60.0 Å². The highest BCUT2D eigenvalue weighted by molar-refractivity contribution is 6.04. The Labute approximate surface area is 188 Å². The number of hydrogen-bond donors (Lipinski definition) is 1. The first-order valence-electron chi connectivity index (χ1n) is 12.2. The zero-order chi connectivity index (χ0) is 22.2. The monoisotopic (exact) mass is 428 g/mol. The van der Waals surface area contributed by atoms with Crippen LogP contribution < -0.4 is 10.1 Å². The van der Waals surface area contributed by atoms with Gasteiger partial charge in [0.05, 0.1) is 18.4 Å². The number of nitrogens with one attached hydrogen (secondary N) is 1. The lowest BCUT2D eigenvalue weighted by Crippen LogP contribution is -2.43. The molecule has 0 saturated heterocycles. The second-order valence-corrected chi connectivity index (χ2v) is 9.06. The van der Waals surface area contributed by atoms with Gasteiger partial charge in [-0.3, -0.25) is 0 Å². The van der Waals surface area contributed by atoms with Gasteiger partial charge in [0.25, 0.3) is 0 Å². The second kappa shape index (κ2) is 11.5. The predicted molar refractivity (Wildman–Crippen MR) is 127 cm³/mol. The van der Waals surface area contributed by atoms with Crippen LogP contribution in [0, 0.1) is 5.92 Å². The minimum absolute atomic E-state index is 0.0468. The lowest BCUT2D eigenvalue weighted by atomic mass is 9.94. The highest BCUT2D eigenvalue weighted by Gasteiger charge is 2.32. The third-order valence-corrected chi connectivity index (χ3v) is 6.39. The van der Waals surface area contributed by atoms with Crippen LogP contribution >= 0.6 is 0 Å². The number of urea groups is 1. The van der Waals surface area contributed by atoms with Gasteiger partial charge < -0.3 is 15.0 Å². The Morgan fingerprint density at radius 3 is 2.45 bits per heavy atom. The Morgan fingerprint density at radius 2 is 1.84 bits per heavy atom. The molecule has 172 valence electrons. The van der Waals surface area contributed by atoms with Gasteiger partial charge in [-0.25, -0.2) is 9.80 Å². The van der Waals surface area contributed by atoms with E-state index in [2.05, 4.69) is 36.2 Å². The van der Waals surface area contributed by atoms with Crippen LogP contribution in [-0.2, 0) is 0 Å². The van der Waals surface area contributed by atoms with E-state index in [9.17, 15) is 4.79 Å². The maximum atomic E-state index is 12.9. The molecule has 0 radical (unpaired) electrons. The first kappa shape index (κ1) is 23.6. The maximum Gasteiger partial charge on any atom is 0.338 e. The number of carbonyl (C=O) groups excluding carboxylic acids is 1. The second-order valence-electron chi connectivity index (χ2n) is 9.06. The van der Waals surface area contributed by atoms with E-state index in [-0.39, 0.29) is 18.1 Å². The van der Waals surface area contributed by atoms with Crippen molar-refractivity contribution in [1.29, 1.82) is 0 Å². The van der Waals surface area contributed by atoms with Gasteiger partial charge in [0.2, 0.25) is 0 Å². The summed E-state index contributed by atoms with van der Waals surface area (Å²) in [5.41, 5.74) is 2.09. The summed E-state index contributed by atoms with van der Waals surface area (Å²) >= 11 is 0. The summed E-state index contributed by atoms with van der Waals surface area (Å²) in [4.78, 5) is 15.4. The lowest BCUT2D eigenvalue weighted by Gasteiger charge is -2.25. The van der Waals surface area contributed by atoms with E-state index in [0.717, 1.165) is 55.9 Å². The summed E-state index contributed by atoms with van der Waals surface area (Å²) < 4.78 is 5.79. The molecular formula is C25H40N4O2. The molecule has 1 N–H and O–H groups in total. The van der Waals surface area contributed by atoms with Crippen molar-refractivity contribution in [2.24, 2.45) is 11.0 Å². The Kier molecular flexibility index (Phi) is 8.76. The van der Waals surface area contributed by atoms with E-state index in [1.807, 2.05) is 26.0 Å². The van der Waals surface area contributed by atoms with E-state index >= 15 is 0 Å². The van der Waals surface area contributed by atoms with E-state index < -0.39 is 0 Å². The maximum absolute atomic E-state index is 12.9. The number of rotatable bonds is 9. The van der Waals surface area contributed by atoms with Gasteiger partial charge in [-0.1, -0.05) is 33.1 Å². The van der Waals surface area contributed by atoms with Gasteiger partial charge in [-0.05, 0) is 82.6 Å². The van der Waals surface area contributed by atoms with E-state index in [1.165, 1.54) is 19.3 Å². The zero-order valence-electron chi connectivity index (χ0n) is 19.8. The van der Waals surface area contributed by atoms with Crippen molar-refractivity contribution in [2.45, 2.75) is 78.4 Å². The number of ether oxygens (including phenoxy) is 1. The fourth-order valence-electron chi connectivity index (χ4n) is 4.55. The summed E-state index contributed by atoms with van der Waals surface area (Å²) in [7, 11) is 0. The number of hydrazone groups is 1. The normalized spacial score (nSPS) is 19.7. The smallest absolute Gasteiger partial charge is 0.338 e. The highest BCUT2D eigenvalue weighted by Crippen LogP contribution is 2.25. The number of benzene rings is 1. The molecule has 1 aliphatic carbocycles. The van der Waals surface area contributed by atoms with Crippen LogP contribution in [0.2, 0.25) is 0 Å². The molecule has 6 nitrogen and oxygen atoms in total. The van der Waals surface area contributed by atoms with Gasteiger partial charge in [-0.15, -0.1) is 0 Å². The van der Waals surface area contributed by atoms with Crippen molar-refractivity contribution >= 4 is 11.7 Å². The molecule has 0 bridgehead atoms. The molecule has 6 heteroatoms. The van der Waals surface area contributed by atoms with Gasteiger partial charge >= 0.3 is 6.03 Å². The molecule has 1 fully saturated rings. The molecule has 1 unspecified atom stereocenters. The summed E-state index contributed by atoms with van der Waals surface area (Å²) in [6.07, 6.45) is 7.00. The third-order valence-electron chi connectivity index (χ3n) is 6.39. The third kappa shape index (κ3) is 6.70. The molecule has 3 rings (SSSR count). The quantitative estimate of drug-likeness (QED) is 0.610. The van der Waals surface area contributed by atoms with Gasteiger partial charge in [0, 0.05) is 12.0 Å². The Balaban J connectivity index is 1.72. The first-order chi connectivity index (χ1) is 15.0. The summed E-state index contributed by atoms with van der Waals surface area (Å²) in [6, 6.07) is 8.40. The van der Waals surface area contributed by atoms with E-state index in [0.29, 0.717) is 12.6 Å². The Bertz CT molecular complexity index is 722. The average molecular weight is 429 g/mol. The van der Waals surface area contributed by atoms with Crippen molar-refractivity contribution < 1.29 is 9.53 Å². The van der Waals surface area contributed by atoms with Crippen LogP contribution in [0.15, 0.2) is 29.4 Å². The topological polar surface area (TPSA) is 57.2 Å². The highest BCUT2D eigenvalue weighted by atomic mass is 16.5. The number of carbonyl (C=O) groups is 1. The number of nitrogens with zero attached hydrogens (tertiary/aromatic N) is 3. The molecular weight excluding hydrogens is 388 g/mol. The molecule has 2 aliphatic rings. The van der Waals surface area contributed by atoms with Crippen molar-refractivity contribution in [3.8, 4) is 5.75 Å². The zero-order valence-corrected chi connectivity index (χ0v) is 19.8. The van der Waals surface area contributed by atoms with Crippen molar-refractivity contribution in [1.82, 2.24) is 15.2 Å². The van der Waals surface area contributed by atoms with Crippen molar-refractivity contribution in [3.05, 3.63) is 29.8 Å². The molecule has 31 heavy (non-hydrogen) atoms. The van der Waals surface area contributed by atoms with Crippen LogP contribution in [0.1, 0.15) is 71.8 Å². The molecule has 1 saturated carbocycles. The molecule has 1 aromatic carbocycles. The number of amides is 2. The van der Waals surface area contributed by atoms with Crippen LogP contribution in [0.25, 0.3) is 0 Å². The average Bonchev–Trinajstić information content (AvgIpc) is 3.20. The first-order valence-corrected chi connectivity index (χ1v) is 12.2. The van der Waals surface area contributed by atoms with Crippen LogP contribution in [0.3, 0.4) is 0 Å². The molecule has 1 atom stereocenters. The predicted octanol–water partition coefficient (Wildman–Crippen LogP) is 4.88. The Morgan fingerprint density at radius 1 is 1.16 bits per heavy atom. The molecule has 1 aromatic rings. The van der Waals surface area contributed by atoms with Crippen molar-refractivity contribution in [3.63, 3.8) is 0 Å². The van der Waals surface area contributed by atoms with Crippen molar-refractivity contribution in [2.75, 3.05) is 26.2 Å². The van der Waals surface area contributed by atoms with Gasteiger partial charge in [0.15, 0.2) is 0 Å². The summed E-state index contributed by atoms with van der Waals surface area (Å²) in [5, 5.41) is 9.69. The van der Waals surface area contributed by atoms with Crippen LogP contribution in [0.5, 0.6) is 5.75 Å². The van der Waals surface area contributed by atoms with Gasteiger partial charge in [-0.2, -0.15) is 5.10 Å². The van der Waals surface area contributed by atoms with E-state index in [4.69, 9.17) is 9.84 Å². The minimum atomic E-state index is -0.0468. The molecule has 2 amide bonds. The standard InChI is InChI=1S/C25H40N4O2/c1-5-28(6-2)17-16-21-18-29(25(30)26-22-10-8-7-9-11-22)27-24(21)20-12-14-23(15-13-20)31-19(3)4/h12-15,19,21-22H,5-11,16-18H2,1-4H3,(H,26,30). The fourth-order valence-corrected chi connectivity index (χ4v) is 4.55. The molecule has 1 heterocycles. The molecule has 0 aromatic heterocycles. The molecule has 1 aliphatic heterocycles. The summed E-state index contributed by atoms with van der Waals surface area (Å²) in [6.45, 7) is 12.2.